The van der Waals surface area contributed by atoms with Crippen molar-refractivity contribution in [3.05, 3.63) is 39.9 Å². The van der Waals surface area contributed by atoms with E-state index >= 15 is 0 Å². The second-order valence-electron chi connectivity index (χ2n) is 9.72. The van der Waals surface area contributed by atoms with Crippen LogP contribution < -0.4 is 0 Å². The molecule has 6 unspecified atom stereocenters. The highest BCUT2D eigenvalue weighted by Crippen LogP contribution is 2.54. The van der Waals surface area contributed by atoms with E-state index < -0.39 is 13.0 Å². The lowest BCUT2D eigenvalue weighted by molar-refractivity contribution is -0.384. The van der Waals surface area contributed by atoms with Crippen molar-refractivity contribution in [3.8, 4) is 0 Å². The van der Waals surface area contributed by atoms with Gasteiger partial charge < -0.3 is 9.47 Å². The van der Waals surface area contributed by atoms with Gasteiger partial charge in [0, 0.05) is 24.5 Å². The number of fused-ring (bicyclic) bond motifs is 1. The third-order valence-corrected chi connectivity index (χ3v) is 7.83. The Bertz CT molecular complexity index is 808. The quantitative estimate of drug-likeness (QED) is 0.394. The van der Waals surface area contributed by atoms with E-state index in [-0.39, 0.29) is 46.8 Å². The number of hydrogen-bond acceptors (Lipinski definition) is 6. The Labute approximate surface area is 172 Å². The predicted octanol–water partition coefficient (Wildman–Crippen LogP) is 4.79. The summed E-state index contributed by atoms with van der Waals surface area (Å²) in [5.41, 5.74) is 0.189. The summed E-state index contributed by atoms with van der Waals surface area (Å²) in [6.07, 6.45) is 2.75. The first-order valence-electron chi connectivity index (χ1n) is 10.3. The monoisotopic (exact) mass is 422 g/mol. The highest BCUT2D eigenvalue weighted by atomic mass is 31.1. The zero-order valence-electron chi connectivity index (χ0n) is 17.4. The molecule has 0 aliphatic carbocycles. The van der Waals surface area contributed by atoms with Gasteiger partial charge in [-0.15, -0.1) is 4.52 Å². The summed E-state index contributed by atoms with van der Waals surface area (Å²) in [6, 6.07) is 6.43. The van der Waals surface area contributed by atoms with E-state index in [1.165, 1.54) is 12.1 Å². The molecule has 0 bridgehead atoms. The molecule has 0 N–H and O–H groups in total. The van der Waals surface area contributed by atoms with Crippen molar-refractivity contribution in [2.75, 3.05) is 0 Å². The molecule has 3 aliphatic heterocycles. The van der Waals surface area contributed by atoms with Crippen LogP contribution in [0.5, 0.6) is 0 Å². The van der Waals surface area contributed by atoms with Crippen molar-refractivity contribution in [2.24, 2.45) is 5.92 Å². The van der Waals surface area contributed by atoms with Crippen molar-refractivity contribution < 1.29 is 23.5 Å². The molecule has 0 aromatic heterocycles. The zero-order chi connectivity index (χ0) is 21.0. The Hall–Kier alpha value is -1.40. The Morgan fingerprint density at radius 2 is 1.79 bits per heavy atom. The average Bonchev–Trinajstić information content (AvgIpc) is 3.15. The molecule has 1 aromatic carbocycles. The summed E-state index contributed by atoms with van der Waals surface area (Å²) in [4.78, 5) is 10.5. The number of nitrogens with zero attached hydrogens (tertiary/aromatic N) is 1. The second-order valence-corrected chi connectivity index (χ2v) is 11.2. The minimum absolute atomic E-state index is 0.0511. The van der Waals surface area contributed by atoms with Crippen LogP contribution in [0.3, 0.4) is 0 Å². The molecule has 158 valence electrons. The number of benzene rings is 1. The molecular weight excluding hydrogens is 393 g/mol. The lowest BCUT2D eigenvalue weighted by atomic mass is 9.84. The number of rotatable bonds is 4. The number of non-ortho nitro benzene ring substituents is 1. The summed E-state index contributed by atoms with van der Waals surface area (Å²) in [5.74, 6) is 0.125. The third kappa shape index (κ3) is 4.24. The molecular formula is C21H29NO6P+. The van der Waals surface area contributed by atoms with Crippen LogP contribution in [0.25, 0.3) is 0 Å². The van der Waals surface area contributed by atoms with Crippen LogP contribution in [0.2, 0.25) is 0 Å². The molecule has 6 atom stereocenters. The highest BCUT2D eigenvalue weighted by molar-refractivity contribution is 7.40. The van der Waals surface area contributed by atoms with Crippen molar-refractivity contribution in [3.63, 3.8) is 0 Å². The van der Waals surface area contributed by atoms with Crippen molar-refractivity contribution in [1.29, 1.82) is 0 Å². The molecule has 0 amide bonds. The van der Waals surface area contributed by atoms with Gasteiger partial charge in [-0.1, -0.05) is 12.1 Å². The highest BCUT2D eigenvalue weighted by Gasteiger charge is 2.62. The van der Waals surface area contributed by atoms with E-state index in [4.69, 9.17) is 14.0 Å². The van der Waals surface area contributed by atoms with Crippen LogP contribution in [0.1, 0.15) is 52.5 Å². The Morgan fingerprint density at radius 1 is 1.10 bits per heavy atom. The van der Waals surface area contributed by atoms with Crippen LogP contribution in [0.15, 0.2) is 24.3 Å². The summed E-state index contributed by atoms with van der Waals surface area (Å²) >= 11 is 0. The first kappa shape index (κ1) is 20.9. The maximum atomic E-state index is 13.1. The fraction of sp³-hybridized carbons (Fsp3) is 0.714. The molecule has 3 heterocycles. The number of nitro benzene ring substituents is 1. The van der Waals surface area contributed by atoms with Gasteiger partial charge in [0.05, 0.1) is 22.2 Å². The predicted molar refractivity (Wildman–Crippen MR) is 108 cm³/mol. The van der Waals surface area contributed by atoms with Gasteiger partial charge in [-0.05, 0) is 57.1 Å². The fourth-order valence-corrected chi connectivity index (χ4v) is 6.60. The Morgan fingerprint density at radius 3 is 2.38 bits per heavy atom. The molecule has 0 radical (unpaired) electrons. The first-order chi connectivity index (χ1) is 13.5. The molecule has 1 aromatic rings. The van der Waals surface area contributed by atoms with Crippen LogP contribution >= 0.6 is 8.03 Å². The Balaban J connectivity index is 1.55. The Kier molecular flexibility index (Phi) is 5.31. The lowest BCUT2D eigenvalue weighted by Gasteiger charge is -2.33. The standard InChI is InChI=1S/C21H29NO6P/c1-20(2)10-9-16(26-20)18-15-12-21(3,4)27-19(15)17(29(25)28-18)11-13-5-7-14(8-6-13)22(23)24/h5-8,15-19H,9-12H2,1-4H3/q+1. The number of hydrogen-bond donors (Lipinski definition) is 0. The number of ether oxygens (including phenoxy) is 2. The topological polar surface area (TPSA) is 87.9 Å². The molecule has 3 aliphatic rings. The molecule has 8 heteroatoms. The lowest BCUT2D eigenvalue weighted by Crippen LogP contribution is -2.47. The molecule has 7 nitrogen and oxygen atoms in total. The average molecular weight is 422 g/mol. The molecule has 0 saturated carbocycles. The van der Waals surface area contributed by atoms with E-state index in [0.29, 0.717) is 6.42 Å². The first-order valence-corrected chi connectivity index (χ1v) is 11.5. The van der Waals surface area contributed by atoms with E-state index in [1.807, 2.05) is 0 Å². The van der Waals surface area contributed by atoms with Gasteiger partial charge in [-0.25, -0.2) is 0 Å². The van der Waals surface area contributed by atoms with E-state index in [1.54, 1.807) is 12.1 Å². The fourth-order valence-electron chi connectivity index (χ4n) is 5.03. The van der Waals surface area contributed by atoms with Crippen LogP contribution in [-0.4, -0.2) is 40.1 Å². The molecule has 3 fully saturated rings. The van der Waals surface area contributed by atoms with Gasteiger partial charge in [-0.3, -0.25) is 10.1 Å². The van der Waals surface area contributed by atoms with Gasteiger partial charge in [0.15, 0.2) is 0 Å². The van der Waals surface area contributed by atoms with Gasteiger partial charge in [-0.2, -0.15) is 0 Å². The normalized spacial score (nSPS) is 36.7. The number of nitro groups is 1. The molecule has 4 rings (SSSR count). The smallest absolute Gasteiger partial charge is 0.369 e. The van der Waals surface area contributed by atoms with Gasteiger partial charge >= 0.3 is 8.03 Å². The second kappa shape index (κ2) is 7.38. The van der Waals surface area contributed by atoms with E-state index in [0.717, 1.165) is 24.8 Å². The summed E-state index contributed by atoms with van der Waals surface area (Å²) < 4.78 is 31.9. The summed E-state index contributed by atoms with van der Waals surface area (Å²) in [7, 11) is -1.95. The summed E-state index contributed by atoms with van der Waals surface area (Å²) in [6.45, 7) is 8.30. The molecule has 29 heavy (non-hydrogen) atoms. The summed E-state index contributed by atoms with van der Waals surface area (Å²) in [5, 5.41) is 10.9. The third-order valence-electron chi connectivity index (χ3n) is 6.36. The van der Waals surface area contributed by atoms with Gasteiger partial charge in [0.1, 0.15) is 12.2 Å². The minimum atomic E-state index is -1.95. The van der Waals surface area contributed by atoms with Crippen molar-refractivity contribution >= 4 is 13.7 Å². The zero-order valence-corrected chi connectivity index (χ0v) is 18.3. The van der Waals surface area contributed by atoms with E-state index in [9.17, 15) is 14.7 Å². The largest absolute Gasteiger partial charge is 0.514 e. The van der Waals surface area contributed by atoms with E-state index in [2.05, 4.69) is 27.7 Å². The van der Waals surface area contributed by atoms with Crippen LogP contribution in [0.4, 0.5) is 5.69 Å². The maximum absolute atomic E-state index is 13.1. The van der Waals surface area contributed by atoms with Crippen LogP contribution in [-0.2, 0) is 25.0 Å². The SMILES string of the molecule is CC1(C)CCC(C2O[P+](=O)C(Cc3ccc([N+](=O)[O-])cc3)C3OC(C)(C)CC23)O1. The molecule has 3 saturated heterocycles. The van der Waals surface area contributed by atoms with Crippen molar-refractivity contribution in [2.45, 2.75) is 88.6 Å². The van der Waals surface area contributed by atoms with Gasteiger partial charge in [0.2, 0.25) is 5.66 Å². The van der Waals surface area contributed by atoms with Crippen molar-refractivity contribution in [1.82, 2.24) is 0 Å². The minimum Gasteiger partial charge on any atom is -0.369 e. The molecule has 0 spiro atoms. The maximum Gasteiger partial charge on any atom is 0.514 e. The van der Waals surface area contributed by atoms with Gasteiger partial charge in [0.25, 0.3) is 5.69 Å². The van der Waals surface area contributed by atoms with Crippen LogP contribution in [0, 0.1) is 16.0 Å².